The van der Waals surface area contributed by atoms with Crippen LogP contribution in [-0.2, 0) is 32.6 Å². The second kappa shape index (κ2) is 15.4. The van der Waals surface area contributed by atoms with Crippen molar-refractivity contribution in [3.63, 3.8) is 0 Å². The molecule has 0 heterocycles. The average molecular weight is 667 g/mol. The number of rotatable bonds is 13. The third kappa shape index (κ3) is 8.87. The molecule has 0 unspecified atom stereocenters. The summed E-state index contributed by atoms with van der Waals surface area (Å²) >= 11 is 12.8. The highest BCUT2D eigenvalue weighted by Crippen LogP contribution is 2.33. The van der Waals surface area contributed by atoms with E-state index >= 15 is 0 Å². The number of amides is 2. The predicted molar refractivity (Wildman–Crippen MR) is 181 cm³/mol. The maximum absolute atomic E-state index is 14.5. The molecule has 4 aromatic carbocycles. The van der Waals surface area contributed by atoms with E-state index in [4.69, 9.17) is 23.2 Å². The maximum atomic E-state index is 14.5. The van der Waals surface area contributed by atoms with Gasteiger partial charge >= 0.3 is 0 Å². The Bertz CT molecular complexity index is 1700. The van der Waals surface area contributed by atoms with Gasteiger partial charge in [-0.3, -0.25) is 13.9 Å². The zero-order valence-corrected chi connectivity index (χ0v) is 27.8. The van der Waals surface area contributed by atoms with E-state index in [1.807, 2.05) is 75.4 Å². The third-order valence-electron chi connectivity index (χ3n) is 7.53. The van der Waals surface area contributed by atoms with Crippen LogP contribution in [0, 0.1) is 6.92 Å². The summed E-state index contributed by atoms with van der Waals surface area (Å²) in [6, 6.07) is 28.3. The minimum atomic E-state index is -4.29. The molecular weight excluding hydrogens is 629 g/mol. The van der Waals surface area contributed by atoms with Crippen LogP contribution in [0.5, 0.6) is 0 Å². The molecule has 236 valence electrons. The summed E-state index contributed by atoms with van der Waals surface area (Å²) in [6.45, 7) is 5.29. The van der Waals surface area contributed by atoms with Gasteiger partial charge in [0.05, 0.1) is 15.6 Å². The van der Waals surface area contributed by atoms with Crippen molar-refractivity contribution in [2.75, 3.05) is 10.8 Å². The van der Waals surface area contributed by atoms with Crippen molar-refractivity contribution in [1.29, 1.82) is 0 Å². The lowest BCUT2D eigenvalue weighted by molar-refractivity contribution is -0.140. The minimum Gasteiger partial charge on any atom is -0.352 e. The van der Waals surface area contributed by atoms with Gasteiger partial charge in [-0.05, 0) is 61.7 Å². The van der Waals surface area contributed by atoms with Gasteiger partial charge in [-0.25, -0.2) is 8.42 Å². The van der Waals surface area contributed by atoms with Crippen LogP contribution in [-0.4, -0.2) is 43.8 Å². The second-order valence-corrected chi connectivity index (χ2v) is 13.7. The average Bonchev–Trinajstić information content (AvgIpc) is 3.04. The smallest absolute Gasteiger partial charge is 0.264 e. The summed E-state index contributed by atoms with van der Waals surface area (Å²) in [4.78, 5) is 29.9. The minimum absolute atomic E-state index is 0.0192. The number of benzene rings is 4. The van der Waals surface area contributed by atoms with Crippen LogP contribution in [0.15, 0.2) is 108 Å². The van der Waals surface area contributed by atoms with Crippen molar-refractivity contribution >= 4 is 50.7 Å². The third-order valence-corrected chi connectivity index (χ3v) is 9.86. The Labute approximate surface area is 275 Å². The number of halogens is 2. The molecule has 0 aromatic heterocycles. The SMILES string of the molecule is CC[C@H](C)NC(=O)[C@H](Cc1ccccc1)N(Cc1ccc(C)cc1)C(=O)CN(c1cc(Cl)ccc1Cl)S(=O)(=O)c1ccccc1. The zero-order chi connectivity index (χ0) is 32.6. The Morgan fingerprint density at radius 1 is 0.844 bits per heavy atom. The van der Waals surface area contributed by atoms with E-state index in [2.05, 4.69) is 5.32 Å². The molecule has 0 radical (unpaired) electrons. The van der Waals surface area contributed by atoms with E-state index < -0.39 is 28.5 Å². The molecule has 0 saturated heterocycles. The van der Waals surface area contributed by atoms with Crippen molar-refractivity contribution in [1.82, 2.24) is 10.2 Å². The van der Waals surface area contributed by atoms with Crippen LogP contribution in [0.1, 0.15) is 37.0 Å². The molecule has 0 fully saturated rings. The molecular formula is C35H37Cl2N3O4S. The van der Waals surface area contributed by atoms with Crippen molar-refractivity contribution < 1.29 is 18.0 Å². The summed E-state index contributed by atoms with van der Waals surface area (Å²) in [5, 5.41) is 3.39. The maximum Gasteiger partial charge on any atom is 0.264 e. The van der Waals surface area contributed by atoms with Crippen LogP contribution >= 0.6 is 23.2 Å². The Kier molecular flexibility index (Phi) is 11.7. The first kappa shape index (κ1) is 34.0. The lowest BCUT2D eigenvalue weighted by atomic mass is 10.0. The molecule has 0 aliphatic carbocycles. The molecule has 10 heteroatoms. The topological polar surface area (TPSA) is 86.8 Å². The standard InChI is InChI=1S/C35H37Cl2N3O4S/c1-4-26(3)38-35(42)33(21-27-11-7-5-8-12-27)39(23-28-17-15-25(2)16-18-28)34(41)24-40(32-22-29(36)19-20-31(32)37)45(43,44)30-13-9-6-10-14-30/h5-20,22,26,33H,4,21,23-24H2,1-3H3,(H,38,42)/t26-,33-/m0/s1. The van der Waals surface area contributed by atoms with Gasteiger partial charge in [-0.1, -0.05) is 108 Å². The fourth-order valence-corrected chi connectivity index (χ4v) is 6.68. The van der Waals surface area contributed by atoms with Crippen LogP contribution in [0.25, 0.3) is 0 Å². The molecule has 0 spiro atoms. The fourth-order valence-electron chi connectivity index (χ4n) is 4.80. The molecule has 1 N–H and O–H groups in total. The molecule has 0 bridgehead atoms. The Morgan fingerprint density at radius 2 is 1.47 bits per heavy atom. The summed E-state index contributed by atoms with van der Waals surface area (Å²) < 4.78 is 29.2. The highest BCUT2D eigenvalue weighted by Gasteiger charge is 2.35. The van der Waals surface area contributed by atoms with E-state index in [-0.39, 0.29) is 45.5 Å². The quantitative estimate of drug-likeness (QED) is 0.166. The monoisotopic (exact) mass is 665 g/mol. The van der Waals surface area contributed by atoms with E-state index in [1.54, 1.807) is 24.3 Å². The van der Waals surface area contributed by atoms with Crippen molar-refractivity contribution in [3.05, 3.63) is 130 Å². The fraction of sp³-hybridized carbons (Fsp3) is 0.257. The van der Waals surface area contributed by atoms with Crippen molar-refractivity contribution in [2.24, 2.45) is 0 Å². The highest BCUT2D eigenvalue weighted by molar-refractivity contribution is 7.92. The van der Waals surface area contributed by atoms with Gasteiger partial charge in [0.2, 0.25) is 11.8 Å². The van der Waals surface area contributed by atoms with Crippen LogP contribution in [0.2, 0.25) is 10.0 Å². The van der Waals surface area contributed by atoms with Gasteiger partial charge in [0, 0.05) is 24.0 Å². The van der Waals surface area contributed by atoms with Crippen LogP contribution in [0.3, 0.4) is 0 Å². The Morgan fingerprint density at radius 3 is 2.09 bits per heavy atom. The number of hydrogen-bond acceptors (Lipinski definition) is 4. The normalized spacial score (nSPS) is 12.6. The number of aryl methyl sites for hydroxylation is 1. The van der Waals surface area contributed by atoms with E-state index in [1.165, 1.54) is 29.2 Å². The molecule has 4 aromatic rings. The molecule has 7 nitrogen and oxygen atoms in total. The number of hydrogen-bond donors (Lipinski definition) is 1. The van der Waals surface area contributed by atoms with E-state index in [9.17, 15) is 18.0 Å². The lowest BCUT2D eigenvalue weighted by Gasteiger charge is -2.34. The molecule has 2 atom stereocenters. The molecule has 45 heavy (non-hydrogen) atoms. The second-order valence-electron chi connectivity index (χ2n) is 11.0. The van der Waals surface area contributed by atoms with E-state index in [0.717, 1.165) is 21.0 Å². The predicted octanol–water partition coefficient (Wildman–Crippen LogP) is 7.05. The molecule has 4 rings (SSSR count). The summed E-state index contributed by atoms with van der Waals surface area (Å²) in [7, 11) is -4.29. The molecule has 0 aliphatic heterocycles. The van der Waals surface area contributed by atoms with Crippen LogP contribution < -0.4 is 9.62 Å². The highest BCUT2D eigenvalue weighted by atomic mass is 35.5. The molecule has 0 aliphatic rings. The van der Waals surface area contributed by atoms with Crippen molar-refractivity contribution in [2.45, 2.75) is 57.1 Å². The summed E-state index contributed by atoms with van der Waals surface area (Å²) in [5.41, 5.74) is 2.75. The Hall–Kier alpha value is -3.85. The number of carbonyl (C=O) groups is 2. The van der Waals surface area contributed by atoms with Crippen LogP contribution in [0.4, 0.5) is 5.69 Å². The molecule has 2 amide bonds. The lowest BCUT2D eigenvalue weighted by Crippen LogP contribution is -2.54. The first-order valence-electron chi connectivity index (χ1n) is 14.7. The first-order chi connectivity index (χ1) is 21.5. The zero-order valence-electron chi connectivity index (χ0n) is 25.5. The van der Waals surface area contributed by atoms with Gasteiger partial charge in [0.1, 0.15) is 12.6 Å². The number of anilines is 1. The number of nitrogens with one attached hydrogen (secondary N) is 1. The first-order valence-corrected chi connectivity index (χ1v) is 16.9. The Balaban J connectivity index is 1.83. The van der Waals surface area contributed by atoms with Gasteiger partial charge < -0.3 is 10.2 Å². The van der Waals surface area contributed by atoms with Gasteiger partial charge in [-0.2, -0.15) is 0 Å². The number of carbonyl (C=O) groups excluding carboxylic acids is 2. The summed E-state index contributed by atoms with van der Waals surface area (Å²) in [5.74, 6) is -0.904. The molecule has 0 saturated carbocycles. The summed E-state index contributed by atoms with van der Waals surface area (Å²) in [6.07, 6.45) is 0.927. The van der Waals surface area contributed by atoms with Gasteiger partial charge in [0.15, 0.2) is 0 Å². The van der Waals surface area contributed by atoms with Crippen molar-refractivity contribution in [3.8, 4) is 0 Å². The number of nitrogens with zero attached hydrogens (tertiary/aromatic N) is 2. The van der Waals surface area contributed by atoms with Gasteiger partial charge in [0.25, 0.3) is 10.0 Å². The largest absolute Gasteiger partial charge is 0.352 e. The van der Waals surface area contributed by atoms with E-state index in [0.29, 0.717) is 6.42 Å². The number of sulfonamides is 1. The van der Waals surface area contributed by atoms with Gasteiger partial charge in [-0.15, -0.1) is 0 Å².